The fraction of sp³-hybridized carbons (Fsp3) is 0.667. The maximum atomic E-state index is 12.5. The Morgan fingerprint density at radius 1 is 0.731 bits per heavy atom. The van der Waals surface area contributed by atoms with Gasteiger partial charge in [0.15, 0.2) is 0 Å². The predicted molar refractivity (Wildman–Crippen MR) is 103 cm³/mol. The van der Waals surface area contributed by atoms with Crippen LogP contribution in [0.1, 0.15) is 12.8 Å². The number of hydrogen-bond donors (Lipinski definition) is 0. The quantitative estimate of drug-likeness (QED) is 0.503. The first kappa shape index (κ1) is 20.8. The molecule has 3 aliphatic carbocycles. The third-order valence-electron chi connectivity index (χ3n) is 4.25. The number of carbonyl (C=O) groups excluding carboxylic acids is 2. The van der Waals surface area contributed by atoms with Crippen molar-refractivity contribution in [1.82, 2.24) is 0 Å². The molecule has 0 heterocycles. The Labute approximate surface area is 157 Å². The summed E-state index contributed by atoms with van der Waals surface area (Å²) in [5, 5.41) is 0. The summed E-state index contributed by atoms with van der Waals surface area (Å²) in [6, 6.07) is 0. The molecule has 26 heavy (non-hydrogen) atoms. The van der Waals surface area contributed by atoms with Crippen LogP contribution in [0.2, 0.25) is 39.3 Å². The summed E-state index contributed by atoms with van der Waals surface area (Å²) in [6.45, 7) is 12.6. The summed E-state index contributed by atoms with van der Waals surface area (Å²) < 4.78 is 22.7. The van der Waals surface area contributed by atoms with Crippen molar-refractivity contribution in [3.8, 4) is 0 Å². The third-order valence-corrected chi connectivity index (χ3v) is 5.91. The second-order valence-corrected chi connectivity index (χ2v) is 17.5. The fourth-order valence-electron chi connectivity index (χ4n) is 3.49. The Morgan fingerprint density at radius 2 is 1.04 bits per heavy atom. The Morgan fingerprint density at radius 3 is 1.27 bits per heavy atom. The van der Waals surface area contributed by atoms with E-state index in [1.165, 1.54) is 14.2 Å². The number of fused-ring (bicyclic) bond motifs is 1. The van der Waals surface area contributed by atoms with Crippen molar-refractivity contribution in [3.63, 3.8) is 0 Å². The second kappa shape index (κ2) is 7.23. The van der Waals surface area contributed by atoms with Gasteiger partial charge in [-0.3, -0.25) is 0 Å². The highest BCUT2D eigenvalue weighted by Crippen LogP contribution is 2.51. The standard InChI is InChI=1S/C18H30O6Si2/c1-21-17(19)13-11-9-10-12(14(13)18(20)22-2)16(24-26(6,7)8)15(11)23-25(3,4)5/h11-12H,9-10H2,1-8H3. The molecule has 0 saturated carbocycles. The van der Waals surface area contributed by atoms with Gasteiger partial charge in [0.05, 0.1) is 37.2 Å². The first-order valence-corrected chi connectivity index (χ1v) is 15.7. The summed E-state index contributed by atoms with van der Waals surface area (Å²) in [4.78, 5) is 25.0. The molecule has 0 N–H and O–H groups in total. The molecule has 0 aromatic rings. The monoisotopic (exact) mass is 398 g/mol. The first-order chi connectivity index (χ1) is 11.9. The number of methoxy groups -OCH3 is 2. The van der Waals surface area contributed by atoms with Crippen LogP contribution in [0.15, 0.2) is 22.7 Å². The highest BCUT2D eigenvalue weighted by molar-refractivity contribution is 6.70. The first-order valence-electron chi connectivity index (χ1n) is 8.92. The van der Waals surface area contributed by atoms with Crippen molar-refractivity contribution in [2.24, 2.45) is 11.8 Å². The van der Waals surface area contributed by atoms with Gasteiger partial charge in [-0.2, -0.15) is 0 Å². The van der Waals surface area contributed by atoms with Gasteiger partial charge in [0.1, 0.15) is 11.5 Å². The van der Waals surface area contributed by atoms with Crippen LogP contribution in [-0.2, 0) is 27.9 Å². The summed E-state index contributed by atoms with van der Waals surface area (Å²) in [7, 11) is -1.23. The maximum absolute atomic E-state index is 12.5. The van der Waals surface area contributed by atoms with Gasteiger partial charge >= 0.3 is 11.9 Å². The molecule has 0 saturated heterocycles. The van der Waals surface area contributed by atoms with E-state index in [4.69, 9.17) is 18.3 Å². The maximum Gasteiger partial charge on any atom is 0.335 e. The number of hydrogen-bond acceptors (Lipinski definition) is 6. The lowest BCUT2D eigenvalue weighted by Crippen LogP contribution is -2.42. The Bertz CT molecular complexity index is 610. The molecule has 8 heteroatoms. The largest absolute Gasteiger partial charge is 0.545 e. The minimum atomic E-state index is -1.94. The van der Waals surface area contributed by atoms with E-state index in [2.05, 4.69) is 39.3 Å². The van der Waals surface area contributed by atoms with Crippen LogP contribution in [0.4, 0.5) is 0 Å². The Kier molecular flexibility index (Phi) is 5.77. The highest BCUT2D eigenvalue weighted by Gasteiger charge is 2.50. The van der Waals surface area contributed by atoms with Crippen molar-refractivity contribution in [3.05, 3.63) is 22.7 Å². The lowest BCUT2D eigenvalue weighted by Gasteiger charge is -2.44. The van der Waals surface area contributed by atoms with Gasteiger partial charge in [-0.15, -0.1) is 0 Å². The van der Waals surface area contributed by atoms with E-state index in [0.29, 0.717) is 11.1 Å². The number of rotatable bonds is 6. The summed E-state index contributed by atoms with van der Waals surface area (Å²) in [6.07, 6.45) is 1.46. The molecule has 3 rings (SSSR count). The van der Waals surface area contributed by atoms with Gasteiger partial charge in [0.2, 0.25) is 16.6 Å². The SMILES string of the molecule is COC(=O)C1=C(C(=O)OC)C2CCC1C(O[Si](C)(C)C)=C2O[Si](C)(C)C. The van der Waals surface area contributed by atoms with Gasteiger partial charge in [-0.05, 0) is 52.1 Å². The van der Waals surface area contributed by atoms with Gasteiger partial charge in [0.25, 0.3) is 0 Å². The average molecular weight is 399 g/mol. The smallest absolute Gasteiger partial charge is 0.335 e. The third kappa shape index (κ3) is 4.23. The van der Waals surface area contributed by atoms with Crippen molar-refractivity contribution in [2.45, 2.75) is 52.1 Å². The zero-order chi connectivity index (χ0) is 19.9. The minimum absolute atomic E-state index is 0.320. The molecule has 0 aliphatic heterocycles. The van der Waals surface area contributed by atoms with Crippen molar-refractivity contribution in [1.29, 1.82) is 0 Å². The van der Waals surface area contributed by atoms with Crippen LogP contribution < -0.4 is 0 Å². The number of carbonyl (C=O) groups is 2. The van der Waals surface area contributed by atoms with Crippen LogP contribution >= 0.6 is 0 Å². The van der Waals surface area contributed by atoms with E-state index < -0.39 is 28.6 Å². The van der Waals surface area contributed by atoms with Crippen LogP contribution in [0, 0.1) is 11.8 Å². The lowest BCUT2D eigenvalue weighted by molar-refractivity contribution is -0.141. The molecular formula is C18H30O6Si2. The van der Waals surface area contributed by atoms with Gasteiger partial charge in [0, 0.05) is 0 Å². The molecule has 6 nitrogen and oxygen atoms in total. The van der Waals surface area contributed by atoms with Gasteiger partial charge in [-0.1, -0.05) is 0 Å². The van der Waals surface area contributed by atoms with E-state index in [1.54, 1.807) is 0 Å². The normalized spacial score (nSPS) is 23.1. The fourth-order valence-corrected chi connectivity index (χ4v) is 5.30. The molecule has 2 atom stereocenters. The number of ether oxygens (including phenoxy) is 2. The zero-order valence-corrected chi connectivity index (χ0v) is 19.0. The molecule has 0 aromatic heterocycles. The zero-order valence-electron chi connectivity index (χ0n) is 17.0. The van der Waals surface area contributed by atoms with Crippen molar-refractivity contribution in [2.75, 3.05) is 14.2 Å². The molecule has 0 fully saturated rings. The lowest BCUT2D eigenvalue weighted by atomic mass is 9.69. The van der Waals surface area contributed by atoms with Crippen LogP contribution in [0.25, 0.3) is 0 Å². The Balaban J connectivity index is 2.65. The Hall–Kier alpha value is -1.55. The summed E-state index contributed by atoms with van der Waals surface area (Å²) in [5.74, 6) is -0.196. The number of esters is 2. The summed E-state index contributed by atoms with van der Waals surface area (Å²) in [5.41, 5.74) is 0.735. The second-order valence-electron chi connectivity index (χ2n) is 8.65. The van der Waals surface area contributed by atoms with Crippen LogP contribution in [-0.4, -0.2) is 42.8 Å². The molecule has 3 aliphatic rings. The molecule has 0 radical (unpaired) electrons. The predicted octanol–water partition coefficient (Wildman–Crippen LogP) is 3.58. The average Bonchev–Trinajstić information content (AvgIpc) is 2.52. The molecule has 146 valence electrons. The highest BCUT2D eigenvalue weighted by atomic mass is 28.4. The minimum Gasteiger partial charge on any atom is -0.545 e. The molecule has 2 unspecified atom stereocenters. The molecule has 0 spiro atoms. The van der Waals surface area contributed by atoms with E-state index in [0.717, 1.165) is 24.4 Å². The summed E-state index contributed by atoms with van der Waals surface area (Å²) >= 11 is 0. The van der Waals surface area contributed by atoms with E-state index >= 15 is 0 Å². The molecule has 2 bridgehead atoms. The molecular weight excluding hydrogens is 368 g/mol. The van der Waals surface area contributed by atoms with E-state index in [-0.39, 0.29) is 11.8 Å². The number of allylic oxidation sites excluding steroid dienone is 2. The topological polar surface area (TPSA) is 71.1 Å². The van der Waals surface area contributed by atoms with Gasteiger partial charge in [-0.25, -0.2) is 9.59 Å². The van der Waals surface area contributed by atoms with Gasteiger partial charge < -0.3 is 18.3 Å². The van der Waals surface area contributed by atoms with Crippen LogP contribution in [0.5, 0.6) is 0 Å². The van der Waals surface area contributed by atoms with E-state index in [9.17, 15) is 9.59 Å². The van der Waals surface area contributed by atoms with Crippen molar-refractivity contribution >= 4 is 28.6 Å². The van der Waals surface area contributed by atoms with E-state index in [1.807, 2.05) is 0 Å². The molecule has 0 amide bonds. The molecule has 0 aromatic carbocycles. The van der Waals surface area contributed by atoms with Crippen LogP contribution in [0.3, 0.4) is 0 Å². The van der Waals surface area contributed by atoms with Crippen molar-refractivity contribution < 1.29 is 27.9 Å².